The Hall–Kier alpha value is -1.75. The fourth-order valence-corrected chi connectivity index (χ4v) is 1.76. The van der Waals surface area contributed by atoms with Gasteiger partial charge in [0.1, 0.15) is 5.82 Å². The molecule has 1 aromatic heterocycles. The second-order valence-electron chi connectivity index (χ2n) is 3.07. The van der Waals surface area contributed by atoms with Crippen molar-refractivity contribution < 1.29 is 9.47 Å². The molecule has 0 fully saturated rings. The van der Waals surface area contributed by atoms with Gasteiger partial charge in [-0.05, 0) is 23.7 Å². The lowest BCUT2D eigenvalue weighted by molar-refractivity contribution is 0.175. The summed E-state index contributed by atoms with van der Waals surface area (Å²) in [6.45, 7) is 0.191. The number of fused-ring (bicyclic) bond motifs is 3. The van der Waals surface area contributed by atoms with Crippen LogP contribution in [-0.4, -0.2) is 16.8 Å². The smallest absolute Gasteiger partial charge is 0.231 e. The first-order chi connectivity index (χ1) is 7.25. The molecule has 2 N–H and O–H groups in total. The summed E-state index contributed by atoms with van der Waals surface area (Å²) in [7, 11) is 0. The van der Waals surface area contributed by atoms with E-state index in [1.165, 1.54) is 0 Å². The summed E-state index contributed by atoms with van der Waals surface area (Å²) in [6.07, 6.45) is 0. The van der Waals surface area contributed by atoms with E-state index in [1.54, 1.807) is 12.1 Å². The first kappa shape index (κ1) is 8.55. The van der Waals surface area contributed by atoms with Gasteiger partial charge in [-0.1, -0.05) is 0 Å². The predicted molar refractivity (Wildman–Crippen MR) is 55.1 cm³/mol. The molecule has 5 nitrogen and oxygen atoms in total. The van der Waals surface area contributed by atoms with Crippen molar-refractivity contribution in [2.75, 3.05) is 12.5 Å². The van der Waals surface area contributed by atoms with E-state index in [0.717, 1.165) is 0 Å². The molecule has 2 heterocycles. The van der Waals surface area contributed by atoms with Crippen LogP contribution in [0.25, 0.3) is 10.9 Å². The summed E-state index contributed by atoms with van der Waals surface area (Å²) in [5, 5.41) is 0.772. The molecular formula is C9H6ClN3O2. The number of anilines is 1. The van der Waals surface area contributed by atoms with E-state index < -0.39 is 0 Å². The number of nitrogens with two attached hydrogens (primary N) is 1. The third kappa shape index (κ3) is 1.16. The zero-order chi connectivity index (χ0) is 10.4. The monoisotopic (exact) mass is 223 g/mol. The number of aromatic nitrogens is 2. The minimum Gasteiger partial charge on any atom is -0.454 e. The molecule has 0 radical (unpaired) electrons. The molecule has 2 aromatic rings. The van der Waals surface area contributed by atoms with E-state index in [-0.39, 0.29) is 12.1 Å². The first-order valence-electron chi connectivity index (χ1n) is 4.27. The van der Waals surface area contributed by atoms with E-state index in [0.29, 0.717) is 28.2 Å². The molecule has 0 bridgehead atoms. The van der Waals surface area contributed by atoms with Gasteiger partial charge >= 0.3 is 0 Å². The highest BCUT2D eigenvalue weighted by molar-refractivity contribution is 6.28. The van der Waals surface area contributed by atoms with Crippen LogP contribution in [-0.2, 0) is 0 Å². The molecule has 0 spiro atoms. The summed E-state index contributed by atoms with van der Waals surface area (Å²) < 4.78 is 10.5. The lowest BCUT2D eigenvalue weighted by Crippen LogP contribution is -1.97. The minimum atomic E-state index is 0.124. The van der Waals surface area contributed by atoms with Crippen molar-refractivity contribution in [1.82, 2.24) is 9.97 Å². The third-order valence-corrected chi connectivity index (χ3v) is 2.37. The van der Waals surface area contributed by atoms with Crippen LogP contribution in [0.3, 0.4) is 0 Å². The summed E-state index contributed by atoms with van der Waals surface area (Å²) in [5.41, 5.74) is 6.41. The second-order valence-corrected chi connectivity index (χ2v) is 3.41. The first-order valence-corrected chi connectivity index (χ1v) is 4.65. The molecule has 0 saturated carbocycles. The van der Waals surface area contributed by atoms with Crippen LogP contribution < -0.4 is 15.2 Å². The molecule has 0 atom stereocenters. The highest BCUT2D eigenvalue weighted by Gasteiger charge is 2.19. The molecule has 0 saturated heterocycles. The Morgan fingerprint density at radius 3 is 3.00 bits per heavy atom. The number of rotatable bonds is 0. The normalized spacial score (nSPS) is 13.4. The third-order valence-electron chi connectivity index (χ3n) is 2.20. The molecule has 76 valence electrons. The van der Waals surface area contributed by atoms with Gasteiger partial charge in [0.15, 0.2) is 11.5 Å². The Bertz CT molecular complexity index is 559. The van der Waals surface area contributed by atoms with E-state index in [4.69, 9.17) is 26.8 Å². The Morgan fingerprint density at radius 1 is 1.27 bits per heavy atom. The Balaban J connectivity index is 2.45. The SMILES string of the molecule is Nc1nc(Cl)nc2ccc3c(c12)OCO3. The van der Waals surface area contributed by atoms with Crippen LogP contribution in [0.15, 0.2) is 12.1 Å². The molecule has 1 aromatic carbocycles. The standard InChI is InChI=1S/C9H6ClN3O2/c10-9-12-4-1-2-5-7(15-3-14-5)6(4)8(11)13-9/h1-2H,3H2,(H2,11,12,13). The van der Waals surface area contributed by atoms with Crippen molar-refractivity contribution >= 4 is 28.3 Å². The quantitative estimate of drug-likeness (QED) is 0.687. The van der Waals surface area contributed by atoms with Crippen LogP contribution in [0.5, 0.6) is 11.5 Å². The number of hydrogen-bond acceptors (Lipinski definition) is 5. The highest BCUT2D eigenvalue weighted by atomic mass is 35.5. The van der Waals surface area contributed by atoms with Crippen molar-refractivity contribution in [3.63, 3.8) is 0 Å². The average Bonchev–Trinajstić information content (AvgIpc) is 2.63. The van der Waals surface area contributed by atoms with E-state index in [9.17, 15) is 0 Å². The lowest BCUT2D eigenvalue weighted by Gasteiger charge is -2.04. The van der Waals surface area contributed by atoms with Crippen molar-refractivity contribution in [1.29, 1.82) is 0 Å². The Labute approximate surface area is 89.8 Å². The number of nitrogens with zero attached hydrogens (tertiary/aromatic N) is 2. The molecule has 1 aliphatic heterocycles. The van der Waals surface area contributed by atoms with Crippen LogP contribution >= 0.6 is 11.6 Å². The zero-order valence-electron chi connectivity index (χ0n) is 7.53. The maximum atomic E-state index is 5.76. The fourth-order valence-electron chi connectivity index (χ4n) is 1.58. The van der Waals surface area contributed by atoms with E-state index in [1.807, 2.05) is 0 Å². The van der Waals surface area contributed by atoms with Gasteiger partial charge in [-0.15, -0.1) is 0 Å². The molecule has 0 amide bonds. The van der Waals surface area contributed by atoms with Crippen LogP contribution in [0, 0.1) is 0 Å². The molecular weight excluding hydrogens is 218 g/mol. The summed E-state index contributed by atoms with van der Waals surface area (Å²) in [6, 6.07) is 3.54. The summed E-state index contributed by atoms with van der Waals surface area (Å²) in [5.74, 6) is 1.54. The van der Waals surface area contributed by atoms with Crippen molar-refractivity contribution in [2.45, 2.75) is 0 Å². The van der Waals surface area contributed by atoms with E-state index in [2.05, 4.69) is 9.97 Å². The van der Waals surface area contributed by atoms with Gasteiger partial charge in [-0.2, -0.15) is 0 Å². The number of ether oxygens (including phenoxy) is 2. The van der Waals surface area contributed by atoms with Gasteiger partial charge in [0.05, 0.1) is 10.9 Å². The fraction of sp³-hybridized carbons (Fsp3) is 0.111. The number of benzene rings is 1. The predicted octanol–water partition coefficient (Wildman–Crippen LogP) is 1.59. The highest BCUT2D eigenvalue weighted by Crippen LogP contribution is 2.40. The molecule has 3 rings (SSSR count). The van der Waals surface area contributed by atoms with Gasteiger partial charge < -0.3 is 15.2 Å². The molecule has 0 aliphatic carbocycles. The van der Waals surface area contributed by atoms with Crippen LogP contribution in [0.1, 0.15) is 0 Å². The Kier molecular flexibility index (Phi) is 1.63. The van der Waals surface area contributed by atoms with Gasteiger partial charge in [-0.3, -0.25) is 0 Å². The molecule has 15 heavy (non-hydrogen) atoms. The lowest BCUT2D eigenvalue weighted by atomic mass is 10.2. The summed E-state index contributed by atoms with van der Waals surface area (Å²) in [4.78, 5) is 7.93. The van der Waals surface area contributed by atoms with Crippen LogP contribution in [0.2, 0.25) is 5.28 Å². The van der Waals surface area contributed by atoms with Crippen molar-refractivity contribution in [3.8, 4) is 11.5 Å². The van der Waals surface area contributed by atoms with Gasteiger partial charge in [0, 0.05) is 0 Å². The van der Waals surface area contributed by atoms with Crippen molar-refractivity contribution in [3.05, 3.63) is 17.4 Å². The van der Waals surface area contributed by atoms with Crippen LogP contribution in [0.4, 0.5) is 5.82 Å². The van der Waals surface area contributed by atoms with Gasteiger partial charge in [-0.25, -0.2) is 9.97 Å². The summed E-state index contributed by atoms with van der Waals surface area (Å²) >= 11 is 5.70. The van der Waals surface area contributed by atoms with Gasteiger partial charge in [0.25, 0.3) is 0 Å². The number of halogens is 1. The molecule has 0 unspecified atom stereocenters. The molecule has 1 aliphatic rings. The zero-order valence-corrected chi connectivity index (χ0v) is 8.28. The maximum absolute atomic E-state index is 5.76. The van der Waals surface area contributed by atoms with E-state index >= 15 is 0 Å². The second kappa shape index (κ2) is 2.87. The largest absolute Gasteiger partial charge is 0.454 e. The average molecular weight is 224 g/mol. The maximum Gasteiger partial charge on any atom is 0.231 e. The minimum absolute atomic E-state index is 0.124. The number of nitrogen functional groups attached to an aromatic ring is 1. The van der Waals surface area contributed by atoms with Gasteiger partial charge in [0.2, 0.25) is 12.1 Å². The van der Waals surface area contributed by atoms with Crippen molar-refractivity contribution in [2.24, 2.45) is 0 Å². The number of hydrogen-bond donors (Lipinski definition) is 1. The topological polar surface area (TPSA) is 70.3 Å². The molecule has 6 heteroatoms. The Morgan fingerprint density at radius 2 is 2.13 bits per heavy atom.